The van der Waals surface area contributed by atoms with Gasteiger partial charge in [0.2, 0.25) is 12.4 Å². The first kappa shape index (κ1) is 13.3. The predicted molar refractivity (Wildman–Crippen MR) is 77.5 cm³/mol. The van der Waals surface area contributed by atoms with E-state index < -0.39 is 0 Å². The fourth-order valence-electron chi connectivity index (χ4n) is 3.24. The first-order valence-electron chi connectivity index (χ1n) is 7.37. The lowest BCUT2D eigenvalue weighted by Crippen LogP contribution is -2.46. The summed E-state index contributed by atoms with van der Waals surface area (Å²) in [6.45, 7) is 5.57. The number of anilines is 1. The third kappa shape index (κ3) is 2.76. The van der Waals surface area contributed by atoms with E-state index in [0.717, 1.165) is 37.3 Å². The second-order valence-electron chi connectivity index (χ2n) is 6.31. The van der Waals surface area contributed by atoms with E-state index in [2.05, 4.69) is 15.3 Å². The lowest BCUT2D eigenvalue weighted by molar-refractivity contribution is -0.122. The molecule has 1 atom stereocenters. The average Bonchev–Trinajstić information content (AvgIpc) is 3.15. The zero-order valence-electron chi connectivity index (χ0n) is 12.2. The number of piperidine rings is 1. The van der Waals surface area contributed by atoms with Crippen molar-refractivity contribution in [3.05, 3.63) is 17.5 Å². The van der Waals surface area contributed by atoms with Gasteiger partial charge < -0.3 is 10.2 Å². The van der Waals surface area contributed by atoms with Gasteiger partial charge in [0.25, 0.3) is 0 Å². The standard InChI is InChI=1S/C15H22N4O/c1-11-7-12(2)18-14(17-11)16-9-13-8-15(3-4-15)5-6-19(13)10-20/h7,10,13H,3-6,8-9H2,1-2H3,(H,16,17,18). The van der Waals surface area contributed by atoms with Crippen molar-refractivity contribution >= 4 is 12.4 Å². The summed E-state index contributed by atoms with van der Waals surface area (Å²) in [7, 11) is 0. The van der Waals surface area contributed by atoms with Gasteiger partial charge in [0, 0.05) is 30.5 Å². The van der Waals surface area contributed by atoms with Gasteiger partial charge in [-0.05, 0) is 51.0 Å². The van der Waals surface area contributed by atoms with Crippen LogP contribution in [0.25, 0.3) is 0 Å². The van der Waals surface area contributed by atoms with E-state index in [0.29, 0.717) is 11.4 Å². The number of aryl methyl sites for hydroxylation is 2. The molecule has 1 unspecified atom stereocenters. The van der Waals surface area contributed by atoms with Crippen LogP contribution in [-0.2, 0) is 4.79 Å². The largest absolute Gasteiger partial charge is 0.352 e. The van der Waals surface area contributed by atoms with Crippen LogP contribution in [0.3, 0.4) is 0 Å². The average molecular weight is 274 g/mol. The topological polar surface area (TPSA) is 58.1 Å². The molecule has 2 fully saturated rings. The monoisotopic (exact) mass is 274 g/mol. The molecule has 0 radical (unpaired) electrons. The minimum atomic E-state index is 0.271. The van der Waals surface area contributed by atoms with Gasteiger partial charge >= 0.3 is 0 Å². The summed E-state index contributed by atoms with van der Waals surface area (Å²) in [5.74, 6) is 0.670. The van der Waals surface area contributed by atoms with Crippen LogP contribution in [0.15, 0.2) is 6.07 Å². The Labute approximate surface area is 119 Å². The summed E-state index contributed by atoms with van der Waals surface area (Å²) in [6.07, 6.45) is 5.93. The Bertz CT molecular complexity index is 492. The van der Waals surface area contributed by atoms with Gasteiger partial charge in [0.05, 0.1) is 0 Å². The highest BCUT2D eigenvalue weighted by molar-refractivity contribution is 5.48. The molecular formula is C15H22N4O. The molecule has 1 aliphatic heterocycles. The van der Waals surface area contributed by atoms with E-state index in [-0.39, 0.29) is 6.04 Å². The van der Waals surface area contributed by atoms with Crippen molar-refractivity contribution < 1.29 is 4.79 Å². The first-order chi connectivity index (χ1) is 9.60. The molecule has 1 aromatic rings. The third-order valence-corrected chi connectivity index (χ3v) is 4.61. The Kier molecular flexibility index (Phi) is 3.36. The highest BCUT2D eigenvalue weighted by Crippen LogP contribution is 2.54. The zero-order chi connectivity index (χ0) is 14.2. The van der Waals surface area contributed by atoms with Crippen LogP contribution in [0.1, 0.15) is 37.1 Å². The number of nitrogens with zero attached hydrogens (tertiary/aromatic N) is 3. The second kappa shape index (κ2) is 5.04. The van der Waals surface area contributed by atoms with E-state index in [1.165, 1.54) is 19.3 Å². The van der Waals surface area contributed by atoms with Crippen LogP contribution < -0.4 is 5.32 Å². The Morgan fingerprint density at radius 2 is 2.05 bits per heavy atom. The summed E-state index contributed by atoms with van der Waals surface area (Å²) < 4.78 is 0. The van der Waals surface area contributed by atoms with Crippen LogP contribution in [0.4, 0.5) is 5.95 Å². The van der Waals surface area contributed by atoms with Crippen molar-refractivity contribution in [3.63, 3.8) is 0 Å². The fraction of sp³-hybridized carbons (Fsp3) is 0.667. The predicted octanol–water partition coefficient (Wildman–Crippen LogP) is 1.91. The summed E-state index contributed by atoms with van der Waals surface area (Å²) in [6, 6.07) is 2.23. The van der Waals surface area contributed by atoms with Crippen LogP contribution in [0.5, 0.6) is 0 Å². The molecule has 1 saturated carbocycles. The summed E-state index contributed by atoms with van der Waals surface area (Å²) in [4.78, 5) is 21.9. The maximum atomic E-state index is 11.2. The molecular weight excluding hydrogens is 252 g/mol. The van der Waals surface area contributed by atoms with Gasteiger partial charge in [0.1, 0.15) is 0 Å². The molecule has 3 rings (SSSR count). The van der Waals surface area contributed by atoms with Crippen molar-refractivity contribution in [1.29, 1.82) is 0 Å². The molecule has 1 spiro atoms. The molecule has 5 nitrogen and oxygen atoms in total. The highest BCUT2D eigenvalue weighted by Gasteiger charge is 2.47. The molecule has 0 bridgehead atoms. The molecule has 2 heterocycles. The summed E-state index contributed by atoms with van der Waals surface area (Å²) >= 11 is 0. The van der Waals surface area contributed by atoms with Gasteiger partial charge in [-0.2, -0.15) is 0 Å². The SMILES string of the molecule is Cc1cc(C)nc(NCC2CC3(CCN2C=O)CC3)n1. The molecule has 108 valence electrons. The van der Waals surface area contributed by atoms with E-state index in [1.807, 2.05) is 24.8 Å². The molecule has 1 saturated heterocycles. The number of nitrogens with one attached hydrogen (secondary N) is 1. The van der Waals surface area contributed by atoms with Gasteiger partial charge in [-0.25, -0.2) is 9.97 Å². The smallest absolute Gasteiger partial charge is 0.223 e. The molecule has 2 aliphatic rings. The molecule has 1 aromatic heterocycles. The number of aromatic nitrogens is 2. The van der Waals surface area contributed by atoms with Crippen molar-refractivity contribution in [3.8, 4) is 0 Å². The quantitative estimate of drug-likeness (QED) is 0.852. The third-order valence-electron chi connectivity index (χ3n) is 4.61. The molecule has 1 N–H and O–H groups in total. The van der Waals surface area contributed by atoms with E-state index in [4.69, 9.17) is 0 Å². The maximum Gasteiger partial charge on any atom is 0.223 e. The number of carbonyl (C=O) groups excluding carboxylic acids is 1. The molecule has 0 aromatic carbocycles. The van der Waals surface area contributed by atoms with Crippen molar-refractivity contribution in [2.24, 2.45) is 5.41 Å². The van der Waals surface area contributed by atoms with Gasteiger partial charge in [-0.3, -0.25) is 4.79 Å². The summed E-state index contributed by atoms with van der Waals surface area (Å²) in [5.41, 5.74) is 2.47. The molecule has 1 aliphatic carbocycles. The second-order valence-corrected chi connectivity index (χ2v) is 6.31. The van der Waals surface area contributed by atoms with Crippen molar-refractivity contribution in [2.75, 3.05) is 18.4 Å². The maximum absolute atomic E-state index is 11.2. The van der Waals surface area contributed by atoms with Crippen LogP contribution in [-0.4, -0.2) is 40.4 Å². The van der Waals surface area contributed by atoms with Crippen LogP contribution in [0.2, 0.25) is 0 Å². The minimum Gasteiger partial charge on any atom is -0.352 e. The van der Waals surface area contributed by atoms with E-state index >= 15 is 0 Å². The fourth-order valence-corrected chi connectivity index (χ4v) is 3.24. The number of carbonyl (C=O) groups is 1. The van der Waals surface area contributed by atoms with Gasteiger partial charge in [-0.15, -0.1) is 0 Å². The number of rotatable bonds is 4. The Balaban J connectivity index is 1.64. The number of hydrogen-bond acceptors (Lipinski definition) is 4. The first-order valence-corrected chi connectivity index (χ1v) is 7.37. The molecule has 1 amide bonds. The van der Waals surface area contributed by atoms with Gasteiger partial charge in [-0.1, -0.05) is 0 Å². The Morgan fingerprint density at radius 3 is 2.65 bits per heavy atom. The number of amides is 1. The number of likely N-dealkylation sites (tertiary alicyclic amines) is 1. The molecule has 5 heteroatoms. The molecule has 20 heavy (non-hydrogen) atoms. The van der Waals surface area contributed by atoms with Crippen LogP contribution >= 0.6 is 0 Å². The van der Waals surface area contributed by atoms with Crippen molar-refractivity contribution in [1.82, 2.24) is 14.9 Å². The zero-order valence-corrected chi connectivity index (χ0v) is 12.2. The lowest BCUT2D eigenvalue weighted by Gasteiger charge is -2.37. The van der Waals surface area contributed by atoms with E-state index in [1.54, 1.807) is 0 Å². The summed E-state index contributed by atoms with van der Waals surface area (Å²) in [5, 5.41) is 3.30. The highest BCUT2D eigenvalue weighted by atomic mass is 16.1. The minimum absolute atomic E-state index is 0.271. The lowest BCUT2D eigenvalue weighted by atomic mass is 9.88. The van der Waals surface area contributed by atoms with E-state index in [9.17, 15) is 4.79 Å². The normalized spacial score (nSPS) is 23.7. The van der Waals surface area contributed by atoms with Crippen molar-refractivity contribution in [2.45, 2.75) is 45.6 Å². The number of hydrogen-bond donors (Lipinski definition) is 1. The van der Waals surface area contributed by atoms with Gasteiger partial charge in [0.15, 0.2) is 0 Å². The van der Waals surface area contributed by atoms with Crippen LogP contribution in [0, 0.1) is 19.3 Å². The Hall–Kier alpha value is -1.65. The Morgan fingerprint density at radius 1 is 1.35 bits per heavy atom.